The molecule has 0 saturated carbocycles. The average Bonchev–Trinajstić information content (AvgIpc) is 2.44. The molecule has 0 bridgehead atoms. The molecule has 0 fully saturated rings. The van der Waals surface area contributed by atoms with Gasteiger partial charge in [-0.05, 0) is 51.8 Å². The van der Waals surface area contributed by atoms with Crippen molar-refractivity contribution in [3.8, 4) is 5.75 Å². The minimum Gasteiger partial charge on any atom is -0.493 e. The number of likely N-dealkylation sites (N-methyl/N-ethyl adjacent to an activating group) is 1. The molecule has 1 atom stereocenters. The van der Waals surface area contributed by atoms with Crippen molar-refractivity contribution in [2.24, 2.45) is 0 Å². The minimum absolute atomic E-state index is 0.226. The van der Waals surface area contributed by atoms with Crippen molar-refractivity contribution in [3.63, 3.8) is 0 Å². The molecule has 0 saturated heterocycles. The van der Waals surface area contributed by atoms with Crippen molar-refractivity contribution in [1.82, 2.24) is 5.32 Å². The van der Waals surface area contributed by atoms with Gasteiger partial charge in [0.05, 0.1) is 13.7 Å². The topological polar surface area (TPSA) is 47.6 Å². The normalized spacial score (nSPS) is 13.6. The summed E-state index contributed by atoms with van der Waals surface area (Å²) in [7, 11) is 1.42. The predicted octanol–water partition coefficient (Wildman–Crippen LogP) is 3.00. The van der Waals surface area contributed by atoms with Gasteiger partial charge in [0, 0.05) is 0 Å². The molecule has 0 radical (unpaired) electrons. The molecule has 0 aliphatic heterocycles. The molecule has 1 N–H and O–H groups in total. The number of hydrogen-bond acceptors (Lipinski definition) is 4. The lowest BCUT2D eigenvalue weighted by molar-refractivity contribution is -0.148. The summed E-state index contributed by atoms with van der Waals surface area (Å²) in [6.45, 7) is 9.27. The van der Waals surface area contributed by atoms with Crippen LogP contribution in [-0.2, 0) is 9.53 Å². The first-order valence-corrected chi connectivity index (χ1v) is 7.46. The number of carbonyl (C=O) groups is 1. The number of methoxy groups -OCH3 is 1. The molecule has 0 aliphatic carbocycles. The predicted molar refractivity (Wildman–Crippen MR) is 84.7 cm³/mol. The smallest absolute Gasteiger partial charge is 0.325 e. The van der Waals surface area contributed by atoms with Crippen LogP contribution in [0, 0.1) is 13.8 Å². The molecular weight excluding hydrogens is 266 g/mol. The van der Waals surface area contributed by atoms with E-state index in [9.17, 15) is 4.79 Å². The average molecular weight is 293 g/mol. The number of nitrogens with one attached hydrogen (secondary N) is 1. The maximum Gasteiger partial charge on any atom is 0.325 e. The summed E-state index contributed by atoms with van der Waals surface area (Å²) in [5.41, 5.74) is 1.72. The van der Waals surface area contributed by atoms with E-state index >= 15 is 0 Å². The Morgan fingerprint density at radius 2 is 2.05 bits per heavy atom. The zero-order valence-corrected chi connectivity index (χ0v) is 13.8. The third-order valence-electron chi connectivity index (χ3n) is 3.61. The zero-order chi connectivity index (χ0) is 15.9. The number of aryl methyl sites for hydroxylation is 2. The van der Waals surface area contributed by atoms with Crippen LogP contribution < -0.4 is 10.1 Å². The monoisotopic (exact) mass is 293 g/mol. The fourth-order valence-corrected chi connectivity index (χ4v) is 2.45. The first-order chi connectivity index (χ1) is 9.92. The number of carbonyl (C=O) groups excluding carboxylic acids is 1. The fourth-order valence-electron chi connectivity index (χ4n) is 2.45. The van der Waals surface area contributed by atoms with E-state index in [0.29, 0.717) is 13.0 Å². The quantitative estimate of drug-likeness (QED) is 0.591. The van der Waals surface area contributed by atoms with Crippen molar-refractivity contribution in [1.29, 1.82) is 0 Å². The molecule has 0 spiro atoms. The van der Waals surface area contributed by atoms with Crippen LogP contribution in [0.15, 0.2) is 18.2 Å². The van der Waals surface area contributed by atoms with Gasteiger partial charge >= 0.3 is 5.97 Å². The van der Waals surface area contributed by atoms with Gasteiger partial charge in [-0.25, -0.2) is 0 Å². The molecule has 1 unspecified atom stereocenters. The molecule has 4 nitrogen and oxygen atoms in total. The first kappa shape index (κ1) is 17.5. The van der Waals surface area contributed by atoms with E-state index < -0.39 is 5.54 Å². The van der Waals surface area contributed by atoms with Gasteiger partial charge in [-0.15, -0.1) is 0 Å². The second-order valence-electron chi connectivity index (χ2n) is 5.57. The van der Waals surface area contributed by atoms with Gasteiger partial charge < -0.3 is 14.8 Å². The highest BCUT2D eigenvalue weighted by Crippen LogP contribution is 2.20. The summed E-state index contributed by atoms with van der Waals surface area (Å²) in [5, 5.41) is 3.20. The van der Waals surface area contributed by atoms with E-state index in [0.717, 1.165) is 24.3 Å². The van der Waals surface area contributed by atoms with Crippen LogP contribution in [0.25, 0.3) is 0 Å². The lowest BCUT2D eigenvalue weighted by atomic mass is 9.96. The van der Waals surface area contributed by atoms with Gasteiger partial charge in [-0.2, -0.15) is 0 Å². The standard InChI is InChI=1S/C17H27NO3/c1-6-18-17(4,16(19)20-5)10-7-11-21-15-9-8-13(2)12-14(15)3/h8-9,12,18H,6-7,10-11H2,1-5H3. The Labute approximate surface area is 127 Å². The molecule has 0 aromatic heterocycles. The summed E-state index contributed by atoms with van der Waals surface area (Å²) in [5.74, 6) is 0.680. The van der Waals surface area contributed by atoms with E-state index in [2.05, 4.69) is 18.3 Å². The van der Waals surface area contributed by atoms with E-state index in [1.807, 2.05) is 32.9 Å². The maximum atomic E-state index is 11.9. The van der Waals surface area contributed by atoms with Crippen LogP contribution in [0.2, 0.25) is 0 Å². The van der Waals surface area contributed by atoms with Crippen LogP contribution in [0.1, 0.15) is 37.8 Å². The molecule has 0 amide bonds. The Morgan fingerprint density at radius 1 is 1.33 bits per heavy atom. The number of esters is 1. The molecule has 1 aromatic rings. The summed E-state index contributed by atoms with van der Waals surface area (Å²) >= 11 is 0. The van der Waals surface area contributed by atoms with Gasteiger partial charge in [0.1, 0.15) is 11.3 Å². The molecule has 1 rings (SSSR count). The van der Waals surface area contributed by atoms with Gasteiger partial charge in [0.25, 0.3) is 0 Å². The van der Waals surface area contributed by atoms with E-state index in [-0.39, 0.29) is 5.97 Å². The van der Waals surface area contributed by atoms with Gasteiger partial charge in [-0.1, -0.05) is 24.6 Å². The van der Waals surface area contributed by atoms with Crippen LogP contribution in [0.5, 0.6) is 5.75 Å². The van der Waals surface area contributed by atoms with Gasteiger partial charge in [-0.3, -0.25) is 4.79 Å². The van der Waals surface area contributed by atoms with Crippen LogP contribution in [0.3, 0.4) is 0 Å². The number of benzene rings is 1. The third-order valence-corrected chi connectivity index (χ3v) is 3.61. The second kappa shape index (κ2) is 8.03. The molecule has 0 heterocycles. The Bertz CT molecular complexity index is 473. The SMILES string of the molecule is CCNC(C)(CCCOc1ccc(C)cc1C)C(=O)OC. The molecule has 118 valence electrons. The molecule has 1 aromatic carbocycles. The van der Waals surface area contributed by atoms with Crippen molar-refractivity contribution < 1.29 is 14.3 Å². The zero-order valence-electron chi connectivity index (χ0n) is 13.8. The lowest BCUT2D eigenvalue weighted by Crippen LogP contribution is -2.50. The number of hydrogen-bond donors (Lipinski definition) is 1. The van der Waals surface area contributed by atoms with Crippen LogP contribution in [0.4, 0.5) is 0 Å². The second-order valence-corrected chi connectivity index (χ2v) is 5.57. The highest BCUT2D eigenvalue weighted by Gasteiger charge is 2.32. The fraction of sp³-hybridized carbons (Fsp3) is 0.588. The minimum atomic E-state index is -0.644. The largest absolute Gasteiger partial charge is 0.493 e. The van der Waals surface area contributed by atoms with Crippen molar-refractivity contribution in [2.75, 3.05) is 20.3 Å². The summed E-state index contributed by atoms with van der Waals surface area (Å²) in [4.78, 5) is 11.9. The van der Waals surface area contributed by atoms with Crippen LogP contribution in [-0.4, -0.2) is 31.8 Å². The Morgan fingerprint density at radius 3 is 2.62 bits per heavy atom. The Kier molecular flexibility index (Phi) is 6.69. The first-order valence-electron chi connectivity index (χ1n) is 7.46. The Balaban J connectivity index is 2.49. The molecular formula is C17H27NO3. The molecule has 4 heteroatoms. The summed E-state index contributed by atoms with van der Waals surface area (Å²) < 4.78 is 10.7. The van der Waals surface area contributed by atoms with Gasteiger partial charge in [0.2, 0.25) is 0 Å². The maximum absolute atomic E-state index is 11.9. The van der Waals surface area contributed by atoms with Gasteiger partial charge in [0.15, 0.2) is 0 Å². The van der Waals surface area contributed by atoms with Crippen molar-refractivity contribution in [3.05, 3.63) is 29.3 Å². The van der Waals surface area contributed by atoms with E-state index in [4.69, 9.17) is 9.47 Å². The lowest BCUT2D eigenvalue weighted by Gasteiger charge is -2.27. The van der Waals surface area contributed by atoms with Crippen LogP contribution >= 0.6 is 0 Å². The summed E-state index contributed by atoms with van der Waals surface area (Å²) in [6.07, 6.45) is 1.46. The number of rotatable bonds is 8. The van der Waals surface area contributed by atoms with Crippen molar-refractivity contribution >= 4 is 5.97 Å². The third kappa shape index (κ3) is 5.05. The summed E-state index contributed by atoms with van der Waals surface area (Å²) in [6, 6.07) is 6.14. The van der Waals surface area contributed by atoms with E-state index in [1.54, 1.807) is 0 Å². The van der Waals surface area contributed by atoms with E-state index in [1.165, 1.54) is 12.7 Å². The molecule has 0 aliphatic rings. The molecule has 21 heavy (non-hydrogen) atoms. The highest BCUT2D eigenvalue weighted by molar-refractivity contribution is 5.80. The number of ether oxygens (including phenoxy) is 2. The Hall–Kier alpha value is -1.55. The highest BCUT2D eigenvalue weighted by atomic mass is 16.5. The van der Waals surface area contributed by atoms with Crippen molar-refractivity contribution in [2.45, 2.75) is 46.1 Å².